The Bertz CT molecular complexity index is 405. The number of carboxylic acid groups (broad SMARTS) is 1. The van der Waals surface area contributed by atoms with Gasteiger partial charge in [-0.15, -0.1) is 0 Å². The van der Waals surface area contributed by atoms with Crippen LogP contribution in [0.4, 0.5) is 0 Å². The summed E-state index contributed by atoms with van der Waals surface area (Å²) in [5, 5.41) is 19.3. The van der Waals surface area contributed by atoms with E-state index in [-0.39, 0.29) is 5.56 Å². The lowest BCUT2D eigenvalue weighted by molar-refractivity contribution is -0.0203. The zero-order chi connectivity index (χ0) is 12.5. The van der Waals surface area contributed by atoms with E-state index in [1.54, 1.807) is 24.3 Å². The molecule has 1 fully saturated rings. The quantitative estimate of drug-likeness (QED) is 0.811. The molecule has 4 heteroatoms. The van der Waals surface area contributed by atoms with E-state index in [0.717, 1.165) is 18.7 Å². The lowest BCUT2D eigenvalue weighted by atomic mass is 9.84. The zero-order valence-corrected chi connectivity index (χ0v) is 9.89. The summed E-state index contributed by atoms with van der Waals surface area (Å²) in [5.74, 6) is -0.938. The van der Waals surface area contributed by atoms with Gasteiger partial charge < -0.3 is 15.1 Å². The van der Waals surface area contributed by atoms with Crippen molar-refractivity contribution in [2.45, 2.75) is 18.4 Å². The fourth-order valence-electron chi connectivity index (χ4n) is 2.20. The number of likely N-dealkylation sites (tertiary alicyclic amines) is 1. The maximum absolute atomic E-state index is 10.7. The highest BCUT2D eigenvalue weighted by molar-refractivity contribution is 5.87. The summed E-state index contributed by atoms with van der Waals surface area (Å²) in [5.41, 5.74) is 0.268. The fourth-order valence-corrected chi connectivity index (χ4v) is 2.20. The van der Waals surface area contributed by atoms with Crippen LogP contribution >= 0.6 is 0 Å². The predicted octanol–water partition coefficient (Wildman–Crippen LogP) is 1.30. The van der Waals surface area contributed by atoms with Crippen LogP contribution in [0, 0.1) is 0 Å². The minimum Gasteiger partial charge on any atom is -0.478 e. The van der Waals surface area contributed by atoms with E-state index in [9.17, 15) is 9.90 Å². The Morgan fingerprint density at radius 2 is 1.76 bits per heavy atom. The largest absolute Gasteiger partial charge is 0.478 e. The standard InChI is InChI=1S/C13H17NO3/c1-14-8-6-13(17,7-9-14)11-4-2-10(3-5-11)12(15)16/h2-5,17H,6-9H2,1H3,(H,15,16). The van der Waals surface area contributed by atoms with Crippen LogP contribution in [0.2, 0.25) is 0 Å². The van der Waals surface area contributed by atoms with Gasteiger partial charge in [0.1, 0.15) is 0 Å². The van der Waals surface area contributed by atoms with Gasteiger partial charge in [-0.25, -0.2) is 4.79 Å². The van der Waals surface area contributed by atoms with Crippen LogP contribution in [-0.2, 0) is 5.60 Å². The number of hydrogen-bond donors (Lipinski definition) is 2. The highest BCUT2D eigenvalue weighted by Gasteiger charge is 2.32. The van der Waals surface area contributed by atoms with Crippen molar-refractivity contribution in [1.29, 1.82) is 0 Å². The molecule has 17 heavy (non-hydrogen) atoms. The third kappa shape index (κ3) is 2.48. The van der Waals surface area contributed by atoms with Gasteiger partial charge in [-0.1, -0.05) is 12.1 Å². The van der Waals surface area contributed by atoms with Crippen molar-refractivity contribution in [3.05, 3.63) is 35.4 Å². The molecule has 0 aromatic heterocycles. The molecule has 1 aromatic rings. The third-order valence-electron chi connectivity index (χ3n) is 3.48. The molecule has 0 atom stereocenters. The average Bonchev–Trinajstić information content (AvgIpc) is 2.33. The third-order valence-corrected chi connectivity index (χ3v) is 3.48. The lowest BCUT2D eigenvalue weighted by Crippen LogP contribution is -2.40. The number of rotatable bonds is 2. The van der Waals surface area contributed by atoms with E-state index in [1.807, 2.05) is 7.05 Å². The summed E-state index contributed by atoms with van der Waals surface area (Å²) < 4.78 is 0. The van der Waals surface area contributed by atoms with Gasteiger partial charge in [-0.3, -0.25) is 0 Å². The Hall–Kier alpha value is -1.39. The van der Waals surface area contributed by atoms with Crippen molar-refractivity contribution < 1.29 is 15.0 Å². The SMILES string of the molecule is CN1CCC(O)(c2ccc(C(=O)O)cc2)CC1. The molecule has 1 saturated heterocycles. The van der Waals surface area contributed by atoms with Gasteiger partial charge in [-0.05, 0) is 37.6 Å². The molecule has 0 bridgehead atoms. The second kappa shape index (κ2) is 4.47. The van der Waals surface area contributed by atoms with Crippen LogP contribution < -0.4 is 0 Å². The molecule has 0 amide bonds. The van der Waals surface area contributed by atoms with Crippen molar-refractivity contribution in [2.75, 3.05) is 20.1 Å². The van der Waals surface area contributed by atoms with E-state index in [0.29, 0.717) is 12.8 Å². The van der Waals surface area contributed by atoms with Gasteiger partial charge in [0.25, 0.3) is 0 Å². The molecule has 2 rings (SSSR count). The Labute approximate surface area is 100 Å². The first kappa shape index (κ1) is 12.1. The summed E-state index contributed by atoms with van der Waals surface area (Å²) in [6, 6.07) is 6.53. The molecule has 1 aromatic carbocycles. The highest BCUT2D eigenvalue weighted by Crippen LogP contribution is 2.32. The summed E-state index contributed by atoms with van der Waals surface area (Å²) in [7, 11) is 2.03. The topological polar surface area (TPSA) is 60.8 Å². The Kier molecular flexibility index (Phi) is 3.17. The predicted molar refractivity (Wildman–Crippen MR) is 64.0 cm³/mol. The van der Waals surface area contributed by atoms with Crippen molar-refractivity contribution in [2.24, 2.45) is 0 Å². The first-order valence-electron chi connectivity index (χ1n) is 5.76. The minimum absolute atomic E-state index is 0.255. The van der Waals surface area contributed by atoms with Crippen LogP contribution in [0.1, 0.15) is 28.8 Å². The van der Waals surface area contributed by atoms with Gasteiger partial charge in [0.05, 0.1) is 11.2 Å². The molecule has 0 aliphatic carbocycles. The Balaban J connectivity index is 2.19. The maximum atomic E-state index is 10.7. The number of aromatic carboxylic acids is 1. The van der Waals surface area contributed by atoms with E-state index < -0.39 is 11.6 Å². The molecule has 1 heterocycles. The van der Waals surface area contributed by atoms with Gasteiger partial charge in [0.2, 0.25) is 0 Å². The number of carbonyl (C=O) groups is 1. The smallest absolute Gasteiger partial charge is 0.335 e. The van der Waals surface area contributed by atoms with Gasteiger partial charge in [0.15, 0.2) is 0 Å². The summed E-state index contributed by atoms with van der Waals surface area (Å²) in [6.07, 6.45) is 1.38. The van der Waals surface area contributed by atoms with Crippen LogP contribution in [0.5, 0.6) is 0 Å². The van der Waals surface area contributed by atoms with Crippen LogP contribution in [-0.4, -0.2) is 41.2 Å². The van der Waals surface area contributed by atoms with Crippen molar-refractivity contribution in [3.63, 3.8) is 0 Å². The van der Waals surface area contributed by atoms with E-state index in [4.69, 9.17) is 5.11 Å². The number of aliphatic hydroxyl groups is 1. The second-order valence-electron chi connectivity index (χ2n) is 4.72. The van der Waals surface area contributed by atoms with Crippen molar-refractivity contribution in [1.82, 2.24) is 4.90 Å². The van der Waals surface area contributed by atoms with Crippen molar-refractivity contribution in [3.8, 4) is 0 Å². The average molecular weight is 235 g/mol. The molecule has 0 unspecified atom stereocenters. The molecule has 4 nitrogen and oxygen atoms in total. The maximum Gasteiger partial charge on any atom is 0.335 e. The fraction of sp³-hybridized carbons (Fsp3) is 0.462. The summed E-state index contributed by atoms with van der Waals surface area (Å²) in [6.45, 7) is 1.72. The molecular formula is C13H17NO3. The van der Waals surface area contributed by atoms with Gasteiger partial charge in [0, 0.05) is 13.1 Å². The molecule has 1 aliphatic heterocycles. The monoisotopic (exact) mass is 235 g/mol. The van der Waals surface area contributed by atoms with Gasteiger partial charge >= 0.3 is 5.97 Å². The number of piperidine rings is 1. The Morgan fingerprint density at radius 1 is 1.24 bits per heavy atom. The first-order valence-corrected chi connectivity index (χ1v) is 5.76. The molecule has 92 valence electrons. The first-order chi connectivity index (χ1) is 8.01. The second-order valence-corrected chi connectivity index (χ2v) is 4.72. The Morgan fingerprint density at radius 3 is 2.24 bits per heavy atom. The van der Waals surface area contributed by atoms with Gasteiger partial charge in [-0.2, -0.15) is 0 Å². The van der Waals surface area contributed by atoms with Crippen LogP contribution in [0.25, 0.3) is 0 Å². The van der Waals surface area contributed by atoms with Crippen LogP contribution in [0.15, 0.2) is 24.3 Å². The van der Waals surface area contributed by atoms with E-state index in [2.05, 4.69) is 4.90 Å². The number of hydrogen-bond acceptors (Lipinski definition) is 3. The lowest BCUT2D eigenvalue weighted by Gasteiger charge is -2.36. The number of nitrogens with zero attached hydrogens (tertiary/aromatic N) is 1. The molecule has 2 N–H and O–H groups in total. The van der Waals surface area contributed by atoms with Crippen LogP contribution in [0.3, 0.4) is 0 Å². The zero-order valence-electron chi connectivity index (χ0n) is 9.89. The minimum atomic E-state index is -0.938. The van der Waals surface area contributed by atoms with E-state index in [1.165, 1.54) is 0 Å². The molecule has 1 aliphatic rings. The normalized spacial score (nSPS) is 20.1. The highest BCUT2D eigenvalue weighted by atomic mass is 16.4. The number of benzene rings is 1. The molecular weight excluding hydrogens is 218 g/mol. The van der Waals surface area contributed by atoms with Crippen molar-refractivity contribution >= 4 is 5.97 Å². The summed E-state index contributed by atoms with van der Waals surface area (Å²) >= 11 is 0. The molecule has 0 saturated carbocycles. The summed E-state index contributed by atoms with van der Waals surface area (Å²) in [4.78, 5) is 12.9. The van der Waals surface area contributed by atoms with E-state index >= 15 is 0 Å². The molecule has 0 radical (unpaired) electrons. The number of carboxylic acids is 1. The molecule has 0 spiro atoms.